The smallest absolute Gasteiger partial charge is 0.237 e. The molecule has 0 N–H and O–H groups in total. The molecule has 1 aromatic heterocycles. The molecule has 170 valence electrons. The van der Waals surface area contributed by atoms with E-state index >= 15 is 0 Å². The second kappa shape index (κ2) is 11.3. The fourth-order valence-electron chi connectivity index (χ4n) is 3.86. The van der Waals surface area contributed by atoms with Crippen LogP contribution < -0.4 is 4.90 Å². The molecule has 6 nitrogen and oxygen atoms in total. The van der Waals surface area contributed by atoms with E-state index in [4.69, 9.17) is 0 Å². The maximum atomic E-state index is 13.2. The molecule has 0 saturated carbocycles. The van der Waals surface area contributed by atoms with Crippen LogP contribution in [-0.2, 0) is 11.3 Å². The van der Waals surface area contributed by atoms with Gasteiger partial charge in [0, 0.05) is 11.7 Å². The van der Waals surface area contributed by atoms with Gasteiger partial charge in [-0.2, -0.15) is 0 Å². The zero-order valence-corrected chi connectivity index (χ0v) is 20.4. The molecule has 2 aromatic carbocycles. The number of anilines is 1. The van der Waals surface area contributed by atoms with Crippen molar-refractivity contribution in [2.75, 3.05) is 24.7 Å². The summed E-state index contributed by atoms with van der Waals surface area (Å²) in [4.78, 5) is 17.2. The van der Waals surface area contributed by atoms with Crippen LogP contribution in [0.2, 0.25) is 0 Å². The van der Waals surface area contributed by atoms with Gasteiger partial charge >= 0.3 is 0 Å². The second-order valence-corrected chi connectivity index (χ2v) is 9.22. The molecule has 7 heteroatoms. The lowest BCUT2D eigenvalue weighted by Gasteiger charge is -2.27. The largest absolute Gasteiger partial charge is 0.309 e. The summed E-state index contributed by atoms with van der Waals surface area (Å²) in [6.45, 7) is 6.91. The van der Waals surface area contributed by atoms with Gasteiger partial charge in [-0.1, -0.05) is 67.2 Å². The lowest BCUT2D eigenvalue weighted by atomic mass is 10.2. The Hall–Kier alpha value is -2.64. The predicted octanol–water partition coefficient (Wildman–Crippen LogP) is 4.87. The van der Waals surface area contributed by atoms with Gasteiger partial charge in [-0.15, -0.1) is 10.2 Å². The molecule has 0 aliphatic rings. The zero-order valence-electron chi connectivity index (χ0n) is 19.6. The van der Waals surface area contributed by atoms with Crippen LogP contribution in [0.15, 0.2) is 65.8 Å². The summed E-state index contributed by atoms with van der Waals surface area (Å²) in [6.07, 6.45) is 0.929. The number of rotatable bonds is 10. The molecular weight excluding hydrogens is 418 g/mol. The third-order valence-electron chi connectivity index (χ3n) is 5.38. The SMILES string of the molecule is CCC(c1nnc(SCC(=O)N(c2ccccc2)C(C)C)n1Cc1ccccc1)N(C)C. The fourth-order valence-corrected chi connectivity index (χ4v) is 4.67. The lowest BCUT2D eigenvalue weighted by Crippen LogP contribution is -2.38. The van der Waals surface area contributed by atoms with E-state index < -0.39 is 0 Å². The minimum atomic E-state index is 0.0617. The highest BCUT2D eigenvalue weighted by Crippen LogP contribution is 2.27. The summed E-state index contributed by atoms with van der Waals surface area (Å²) in [6, 6.07) is 20.4. The first-order valence-electron chi connectivity index (χ1n) is 11.1. The Morgan fingerprint density at radius 1 is 1.00 bits per heavy atom. The zero-order chi connectivity index (χ0) is 23.1. The van der Waals surface area contributed by atoms with Gasteiger partial charge < -0.3 is 9.47 Å². The van der Waals surface area contributed by atoms with Crippen LogP contribution in [0.3, 0.4) is 0 Å². The summed E-state index contributed by atoms with van der Waals surface area (Å²) in [5.74, 6) is 1.30. The fraction of sp³-hybridized carbons (Fsp3) is 0.400. The van der Waals surface area contributed by atoms with E-state index in [0.29, 0.717) is 12.3 Å². The molecule has 0 aliphatic heterocycles. The summed E-state index contributed by atoms with van der Waals surface area (Å²) >= 11 is 1.45. The number of para-hydroxylation sites is 1. The average molecular weight is 452 g/mol. The monoisotopic (exact) mass is 451 g/mol. The Bertz CT molecular complexity index is 988. The van der Waals surface area contributed by atoms with Gasteiger partial charge in [-0.25, -0.2) is 0 Å². The van der Waals surface area contributed by atoms with Crippen molar-refractivity contribution in [2.45, 2.75) is 51.0 Å². The van der Waals surface area contributed by atoms with Gasteiger partial charge in [0.05, 0.1) is 18.3 Å². The first-order chi connectivity index (χ1) is 15.4. The molecule has 0 radical (unpaired) electrons. The van der Waals surface area contributed by atoms with Crippen molar-refractivity contribution in [3.8, 4) is 0 Å². The molecule has 0 fully saturated rings. The predicted molar refractivity (Wildman–Crippen MR) is 132 cm³/mol. The van der Waals surface area contributed by atoms with Crippen LogP contribution in [0.5, 0.6) is 0 Å². The molecule has 0 bridgehead atoms. The van der Waals surface area contributed by atoms with E-state index in [1.54, 1.807) is 0 Å². The first kappa shape index (κ1) is 24.0. The minimum absolute atomic E-state index is 0.0617. The number of carbonyl (C=O) groups is 1. The maximum absolute atomic E-state index is 13.2. The molecule has 3 rings (SSSR count). The van der Waals surface area contributed by atoms with Gasteiger partial charge in [0.2, 0.25) is 5.91 Å². The highest BCUT2D eigenvalue weighted by molar-refractivity contribution is 7.99. The Balaban J connectivity index is 1.85. The van der Waals surface area contributed by atoms with Crippen LogP contribution in [0, 0.1) is 0 Å². The second-order valence-electron chi connectivity index (χ2n) is 8.28. The molecule has 0 aliphatic carbocycles. The molecule has 1 unspecified atom stereocenters. The molecule has 1 heterocycles. The van der Waals surface area contributed by atoms with Crippen molar-refractivity contribution >= 4 is 23.4 Å². The number of amides is 1. The number of nitrogens with zero attached hydrogens (tertiary/aromatic N) is 5. The van der Waals surface area contributed by atoms with E-state index in [0.717, 1.165) is 23.1 Å². The van der Waals surface area contributed by atoms with Crippen molar-refractivity contribution in [2.24, 2.45) is 0 Å². The summed E-state index contributed by atoms with van der Waals surface area (Å²) in [5, 5.41) is 9.81. The van der Waals surface area contributed by atoms with Gasteiger partial charge in [0.1, 0.15) is 0 Å². The Labute approximate surface area is 195 Å². The molecule has 1 atom stereocenters. The standard InChI is InChI=1S/C25H33N5OS/c1-6-22(28(4)5)24-26-27-25(29(24)17-20-13-9-7-10-14-20)32-18-23(31)30(19(2)3)21-15-11-8-12-16-21/h7-16,19,22H,6,17-18H2,1-5H3. The van der Waals surface area contributed by atoms with Gasteiger partial charge in [-0.3, -0.25) is 9.69 Å². The normalized spacial score (nSPS) is 12.3. The summed E-state index contributed by atoms with van der Waals surface area (Å²) in [7, 11) is 4.12. The quantitative estimate of drug-likeness (QED) is 0.412. The average Bonchev–Trinajstić information content (AvgIpc) is 3.16. The lowest BCUT2D eigenvalue weighted by molar-refractivity contribution is -0.116. The van der Waals surface area contributed by atoms with Crippen molar-refractivity contribution in [1.29, 1.82) is 0 Å². The number of benzene rings is 2. The van der Waals surface area contributed by atoms with Crippen molar-refractivity contribution in [3.05, 3.63) is 72.1 Å². The van der Waals surface area contributed by atoms with Gasteiger partial charge in [-0.05, 0) is 52.1 Å². The van der Waals surface area contributed by atoms with Gasteiger partial charge in [0.25, 0.3) is 0 Å². The van der Waals surface area contributed by atoms with Crippen molar-refractivity contribution in [3.63, 3.8) is 0 Å². The Morgan fingerprint density at radius 3 is 2.19 bits per heavy atom. The van der Waals surface area contributed by atoms with E-state index in [1.807, 2.05) is 67.3 Å². The van der Waals surface area contributed by atoms with E-state index in [1.165, 1.54) is 17.3 Å². The molecule has 1 amide bonds. The third-order valence-corrected chi connectivity index (χ3v) is 6.33. The van der Waals surface area contributed by atoms with E-state index in [2.05, 4.69) is 52.8 Å². The minimum Gasteiger partial charge on any atom is -0.309 e. The molecule has 3 aromatic rings. The van der Waals surface area contributed by atoms with Crippen LogP contribution in [0.25, 0.3) is 0 Å². The van der Waals surface area contributed by atoms with Crippen molar-refractivity contribution in [1.82, 2.24) is 19.7 Å². The Kier molecular flexibility index (Phi) is 8.47. The highest BCUT2D eigenvalue weighted by atomic mass is 32.2. The van der Waals surface area contributed by atoms with E-state index in [9.17, 15) is 4.79 Å². The summed E-state index contributed by atoms with van der Waals surface area (Å²) in [5.41, 5.74) is 2.10. The molecular formula is C25H33N5OS. The van der Waals surface area contributed by atoms with Crippen molar-refractivity contribution < 1.29 is 4.79 Å². The van der Waals surface area contributed by atoms with Gasteiger partial charge in [0.15, 0.2) is 11.0 Å². The molecule has 0 spiro atoms. The number of hydrogen-bond acceptors (Lipinski definition) is 5. The first-order valence-corrected chi connectivity index (χ1v) is 12.0. The topological polar surface area (TPSA) is 54.3 Å². The van der Waals surface area contributed by atoms with Crippen LogP contribution >= 0.6 is 11.8 Å². The highest BCUT2D eigenvalue weighted by Gasteiger charge is 2.24. The summed E-state index contributed by atoms with van der Waals surface area (Å²) < 4.78 is 2.16. The van der Waals surface area contributed by atoms with Crippen LogP contribution in [0.1, 0.15) is 44.6 Å². The molecule has 32 heavy (non-hydrogen) atoms. The molecule has 0 saturated heterocycles. The van der Waals surface area contributed by atoms with Crippen LogP contribution in [-0.4, -0.2) is 51.5 Å². The Morgan fingerprint density at radius 2 is 1.62 bits per heavy atom. The number of hydrogen-bond donors (Lipinski definition) is 0. The van der Waals surface area contributed by atoms with Crippen LogP contribution in [0.4, 0.5) is 5.69 Å². The number of carbonyl (C=O) groups excluding carboxylic acids is 1. The number of aromatic nitrogens is 3. The van der Waals surface area contributed by atoms with E-state index in [-0.39, 0.29) is 18.0 Å². The maximum Gasteiger partial charge on any atom is 0.237 e. The number of thioether (sulfide) groups is 1. The third kappa shape index (κ3) is 5.78.